The quantitative estimate of drug-likeness (QED) is 0.521. The van der Waals surface area contributed by atoms with Crippen molar-refractivity contribution >= 4 is 18.5 Å². The Morgan fingerprint density at radius 2 is 2.33 bits per heavy atom. The summed E-state index contributed by atoms with van der Waals surface area (Å²) in [5.41, 5.74) is 5.75. The van der Waals surface area contributed by atoms with Crippen LogP contribution < -0.4 is 5.73 Å². The first-order valence-corrected chi connectivity index (χ1v) is 5.80. The van der Waals surface area contributed by atoms with E-state index in [9.17, 15) is 5.11 Å². The molecule has 0 radical (unpaired) electrons. The van der Waals surface area contributed by atoms with Crippen molar-refractivity contribution in [2.75, 3.05) is 6.61 Å². The van der Waals surface area contributed by atoms with Crippen LogP contribution in [0.1, 0.15) is 6.42 Å². The van der Waals surface area contributed by atoms with E-state index in [1.165, 1.54) is 6.34 Å². The van der Waals surface area contributed by atoms with Gasteiger partial charge in [0.2, 0.25) is 0 Å². The molecule has 3 aliphatic rings. The molecule has 0 bridgehead atoms. The molecule has 0 aromatic heterocycles. The van der Waals surface area contributed by atoms with Crippen molar-refractivity contribution in [2.24, 2.45) is 20.7 Å². The zero-order chi connectivity index (χ0) is 12.7. The molecule has 3 aliphatic heterocycles. The molecule has 8 nitrogen and oxygen atoms in total. The van der Waals surface area contributed by atoms with Crippen LogP contribution in [0.15, 0.2) is 15.0 Å². The van der Waals surface area contributed by atoms with E-state index in [1.807, 2.05) is 4.90 Å². The number of nitrogens with zero attached hydrogens (tertiary/aromatic N) is 4. The molecule has 0 aromatic carbocycles. The van der Waals surface area contributed by atoms with Gasteiger partial charge in [0.05, 0.1) is 19.0 Å². The van der Waals surface area contributed by atoms with E-state index in [-0.39, 0.29) is 25.0 Å². The van der Waals surface area contributed by atoms with Crippen molar-refractivity contribution in [2.45, 2.75) is 37.1 Å². The van der Waals surface area contributed by atoms with E-state index in [0.717, 1.165) is 0 Å². The summed E-state index contributed by atoms with van der Waals surface area (Å²) in [6, 6.07) is -0.288. The molecule has 98 valence electrons. The number of aliphatic imine (C=N–C) groups is 3. The highest BCUT2D eigenvalue weighted by molar-refractivity contribution is 5.96. The predicted molar refractivity (Wildman–Crippen MR) is 64.4 cm³/mol. The van der Waals surface area contributed by atoms with Gasteiger partial charge in [0.15, 0.2) is 6.17 Å². The summed E-state index contributed by atoms with van der Waals surface area (Å²) < 4.78 is 5.57. The van der Waals surface area contributed by atoms with Crippen LogP contribution >= 0.6 is 0 Å². The average molecular weight is 253 g/mol. The van der Waals surface area contributed by atoms with E-state index >= 15 is 0 Å². The highest BCUT2D eigenvalue weighted by Crippen LogP contribution is 2.28. The third-order valence-corrected chi connectivity index (χ3v) is 3.39. The second-order valence-electron chi connectivity index (χ2n) is 4.50. The standard InChI is InChI=1S/C10H15N5O3/c11-9-8-10(13-3-12-9)15(4-14-8)7-1-5(17)6(2-16)18-7/h3-8,10,16-17H,1-2H2,(H2,11,12,13)/t5?,6-,7-,8?,10?/m1/s1. The molecule has 0 spiro atoms. The first kappa shape index (κ1) is 11.6. The van der Waals surface area contributed by atoms with Gasteiger partial charge in [-0.25, -0.2) is 9.98 Å². The summed E-state index contributed by atoms with van der Waals surface area (Å²) in [7, 11) is 0. The van der Waals surface area contributed by atoms with Gasteiger partial charge in [0, 0.05) is 6.42 Å². The van der Waals surface area contributed by atoms with Crippen LogP contribution in [-0.4, -0.2) is 70.9 Å². The van der Waals surface area contributed by atoms with Crippen molar-refractivity contribution in [3.8, 4) is 0 Å². The van der Waals surface area contributed by atoms with Crippen molar-refractivity contribution < 1.29 is 14.9 Å². The molecule has 3 rings (SSSR count). The van der Waals surface area contributed by atoms with Crippen LogP contribution in [0.25, 0.3) is 0 Å². The van der Waals surface area contributed by atoms with Crippen LogP contribution in [0.4, 0.5) is 0 Å². The molecule has 8 heteroatoms. The third-order valence-electron chi connectivity index (χ3n) is 3.39. The number of amidine groups is 1. The van der Waals surface area contributed by atoms with Crippen molar-refractivity contribution in [1.29, 1.82) is 0 Å². The molecule has 1 saturated heterocycles. The first-order chi connectivity index (χ1) is 8.70. The minimum atomic E-state index is -0.675. The Bertz CT molecular complexity index is 424. The van der Waals surface area contributed by atoms with Gasteiger partial charge in [0.25, 0.3) is 0 Å². The second-order valence-corrected chi connectivity index (χ2v) is 4.50. The molecule has 3 unspecified atom stereocenters. The van der Waals surface area contributed by atoms with Crippen LogP contribution in [0.2, 0.25) is 0 Å². The maximum Gasteiger partial charge on any atom is 0.155 e. The zero-order valence-electron chi connectivity index (χ0n) is 9.62. The largest absolute Gasteiger partial charge is 0.394 e. The molecule has 0 aromatic rings. The Balaban J connectivity index is 1.74. The molecule has 0 aliphatic carbocycles. The van der Waals surface area contributed by atoms with Crippen LogP contribution in [0.5, 0.6) is 0 Å². The van der Waals surface area contributed by atoms with Gasteiger partial charge < -0.3 is 25.6 Å². The summed E-state index contributed by atoms with van der Waals surface area (Å²) in [5, 5.41) is 18.8. The van der Waals surface area contributed by atoms with Gasteiger partial charge in [-0.15, -0.1) is 0 Å². The Labute approximate surface area is 103 Å². The fraction of sp³-hybridized carbons (Fsp3) is 0.700. The fourth-order valence-electron chi connectivity index (χ4n) is 2.40. The average Bonchev–Trinajstić information content (AvgIpc) is 2.93. The minimum Gasteiger partial charge on any atom is -0.394 e. The van der Waals surface area contributed by atoms with Crippen molar-refractivity contribution in [3.63, 3.8) is 0 Å². The van der Waals surface area contributed by atoms with Gasteiger partial charge in [-0.2, -0.15) is 0 Å². The number of aliphatic hydroxyl groups excluding tert-OH is 2. The smallest absolute Gasteiger partial charge is 0.155 e. The van der Waals surface area contributed by atoms with E-state index in [0.29, 0.717) is 12.3 Å². The van der Waals surface area contributed by atoms with Crippen molar-refractivity contribution in [3.05, 3.63) is 0 Å². The Kier molecular flexibility index (Phi) is 2.77. The van der Waals surface area contributed by atoms with Gasteiger partial charge >= 0.3 is 0 Å². The number of fused-ring (bicyclic) bond motifs is 1. The van der Waals surface area contributed by atoms with Gasteiger partial charge in [-0.05, 0) is 0 Å². The Morgan fingerprint density at radius 1 is 1.50 bits per heavy atom. The summed E-state index contributed by atoms with van der Waals surface area (Å²) in [5.74, 6) is 0.422. The lowest BCUT2D eigenvalue weighted by molar-refractivity contribution is -0.0628. The van der Waals surface area contributed by atoms with Crippen molar-refractivity contribution in [1.82, 2.24) is 4.90 Å². The van der Waals surface area contributed by atoms with Crippen LogP contribution in [-0.2, 0) is 4.74 Å². The maximum atomic E-state index is 9.72. The van der Waals surface area contributed by atoms with Crippen LogP contribution in [0, 0.1) is 0 Å². The Hall–Kier alpha value is -1.51. The monoisotopic (exact) mass is 253 g/mol. The summed E-state index contributed by atoms with van der Waals surface area (Å²) in [4.78, 5) is 14.2. The SMILES string of the molecule is NC1=NC=NC2C1N=CN2[C@H]1CC(O)[C@@H](CO)O1. The lowest BCUT2D eigenvalue weighted by Crippen LogP contribution is -2.47. The number of aliphatic hydroxyl groups is 2. The molecule has 3 heterocycles. The summed E-state index contributed by atoms with van der Waals surface area (Å²) in [6.07, 6.45) is 1.60. The molecule has 0 saturated carbocycles. The number of ether oxygens (including phenoxy) is 1. The summed E-state index contributed by atoms with van der Waals surface area (Å²) in [6.45, 7) is -0.205. The van der Waals surface area contributed by atoms with Gasteiger partial charge in [0.1, 0.15) is 30.5 Å². The topological polar surface area (TPSA) is 116 Å². The van der Waals surface area contributed by atoms with E-state index in [2.05, 4.69) is 15.0 Å². The maximum absolute atomic E-state index is 9.72. The Morgan fingerprint density at radius 3 is 3.06 bits per heavy atom. The highest BCUT2D eigenvalue weighted by Gasteiger charge is 2.43. The minimum absolute atomic E-state index is 0.205. The lowest BCUT2D eigenvalue weighted by Gasteiger charge is -2.30. The van der Waals surface area contributed by atoms with Gasteiger partial charge in [-0.1, -0.05) is 0 Å². The zero-order valence-corrected chi connectivity index (χ0v) is 9.62. The molecule has 1 fully saturated rings. The fourth-order valence-corrected chi connectivity index (χ4v) is 2.40. The van der Waals surface area contributed by atoms with E-state index < -0.39 is 12.2 Å². The number of hydrogen-bond donors (Lipinski definition) is 3. The third kappa shape index (κ3) is 1.69. The molecule has 4 N–H and O–H groups in total. The molecule has 5 atom stereocenters. The number of rotatable bonds is 2. The second kappa shape index (κ2) is 4.30. The number of nitrogens with two attached hydrogens (primary N) is 1. The molecular weight excluding hydrogens is 238 g/mol. The molecular formula is C10H15N5O3. The highest BCUT2D eigenvalue weighted by atomic mass is 16.5. The van der Waals surface area contributed by atoms with Gasteiger partial charge in [-0.3, -0.25) is 4.99 Å². The summed E-state index contributed by atoms with van der Waals surface area (Å²) >= 11 is 0. The van der Waals surface area contributed by atoms with E-state index in [4.69, 9.17) is 15.6 Å². The normalized spacial score (nSPS) is 42.2. The molecule has 18 heavy (non-hydrogen) atoms. The first-order valence-electron chi connectivity index (χ1n) is 5.80. The molecule has 0 amide bonds. The number of hydrogen-bond acceptors (Lipinski definition) is 8. The predicted octanol–water partition coefficient (Wildman–Crippen LogP) is -2.11. The van der Waals surface area contributed by atoms with Crippen LogP contribution in [0.3, 0.4) is 0 Å². The van der Waals surface area contributed by atoms with E-state index in [1.54, 1.807) is 6.34 Å². The lowest BCUT2D eigenvalue weighted by atomic mass is 10.1.